The van der Waals surface area contributed by atoms with Crippen molar-refractivity contribution >= 4 is 50.1 Å². The summed E-state index contributed by atoms with van der Waals surface area (Å²) in [5.41, 5.74) is 0.623. The molecule has 6 nitrogen and oxygen atoms in total. The third-order valence-electron chi connectivity index (χ3n) is 3.67. The van der Waals surface area contributed by atoms with Crippen LogP contribution in [0.2, 0.25) is 0 Å². The van der Waals surface area contributed by atoms with E-state index >= 15 is 0 Å². The molecule has 0 aliphatic heterocycles. The fourth-order valence-electron chi connectivity index (χ4n) is 2.61. The zero-order valence-electron chi connectivity index (χ0n) is 12.8. The number of ketones is 2. The molecule has 8 heteroatoms. The summed E-state index contributed by atoms with van der Waals surface area (Å²) in [6, 6.07) is 7.76. The van der Waals surface area contributed by atoms with Gasteiger partial charge < -0.3 is 5.11 Å². The van der Waals surface area contributed by atoms with Crippen molar-refractivity contribution in [3.8, 4) is 11.9 Å². The van der Waals surface area contributed by atoms with Crippen molar-refractivity contribution in [1.29, 1.82) is 5.26 Å². The van der Waals surface area contributed by atoms with Crippen LogP contribution >= 0.6 is 27.7 Å². The lowest BCUT2D eigenvalue weighted by atomic mass is 9.83. The molecule has 0 unspecified atom stereocenters. The number of hydrogen-bond acceptors (Lipinski definition) is 6. The number of thioether (sulfide) groups is 1. The Kier molecular flexibility index (Phi) is 4.61. The Morgan fingerprint density at radius 3 is 2.40 bits per heavy atom. The van der Waals surface area contributed by atoms with Crippen LogP contribution in [0, 0.1) is 11.5 Å². The number of nitrogens with one attached hydrogen (secondary N) is 1. The van der Waals surface area contributed by atoms with Crippen molar-refractivity contribution in [2.75, 3.05) is 6.26 Å². The largest absolute Gasteiger partial charge is 0.507 e. The van der Waals surface area contributed by atoms with Crippen LogP contribution in [0.5, 0.6) is 5.75 Å². The SMILES string of the molecule is CSC(=Nc1c(Br)cc(O)c2c1C(=O)c1ccccc1C2=O)NC#N. The number of carbonyl (C=O) groups excluding carboxylic acids is 2. The van der Waals surface area contributed by atoms with Gasteiger partial charge in [-0.1, -0.05) is 36.0 Å². The number of nitriles is 1. The maximum atomic E-state index is 13.0. The Balaban J connectivity index is 2.33. The van der Waals surface area contributed by atoms with Gasteiger partial charge in [0.05, 0.1) is 16.8 Å². The highest BCUT2D eigenvalue weighted by Crippen LogP contribution is 2.42. The van der Waals surface area contributed by atoms with Crippen molar-refractivity contribution in [3.05, 3.63) is 57.1 Å². The predicted octanol–water partition coefficient (Wildman–Crippen LogP) is 3.35. The minimum atomic E-state index is -0.439. The summed E-state index contributed by atoms with van der Waals surface area (Å²) in [6.07, 6.45) is 3.48. The third kappa shape index (κ3) is 2.81. The first-order valence-corrected chi connectivity index (χ1v) is 9.03. The molecule has 0 aromatic heterocycles. The van der Waals surface area contributed by atoms with Crippen molar-refractivity contribution in [1.82, 2.24) is 5.32 Å². The summed E-state index contributed by atoms with van der Waals surface area (Å²) in [7, 11) is 0. The molecular formula is C17H10BrN3O3S. The normalized spacial score (nSPS) is 13.1. The first-order chi connectivity index (χ1) is 12.0. The Hall–Kier alpha value is -2.63. The highest BCUT2D eigenvalue weighted by molar-refractivity contribution is 9.10. The van der Waals surface area contributed by atoms with Gasteiger partial charge in [0, 0.05) is 15.6 Å². The molecule has 124 valence electrons. The van der Waals surface area contributed by atoms with Gasteiger partial charge in [0.2, 0.25) is 0 Å². The molecule has 0 saturated carbocycles. The average molecular weight is 416 g/mol. The summed E-state index contributed by atoms with van der Waals surface area (Å²) in [5, 5.41) is 21.7. The number of rotatable bonds is 1. The zero-order chi connectivity index (χ0) is 18.1. The zero-order valence-corrected chi connectivity index (χ0v) is 15.2. The van der Waals surface area contributed by atoms with E-state index in [0.717, 1.165) is 0 Å². The van der Waals surface area contributed by atoms with Gasteiger partial charge in [0.1, 0.15) is 5.75 Å². The quantitative estimate of drug-likeness (QED) is 0.273. The van der Waals surface area contributed by atoms with Crippen LogP contribution in [-0.2, 0) is 0 Å². The average Bonchev–Trinajstić information content (AvgIpc) is 2.61. The number of phenols is 1. The topological polar surface area (TPSA) is 103 Å². The van der Waals surface area contributed by atoms with Crippen molar-refractivity contribution in [3.63, 3.8) is 0 Å². The number of carbonyl (C=O) groups is 2. The highest BCUT2D eigenvalue weighted by Gasteiger charge is 2.35. The van der Waals surface area contributed by atoms with Crippen LogP contribution in [0.1, 0.15) is 31.8 Å². The lowest BCUT2D eigenvalue weighted by Crippen LogP contribution is -2.22. The summed E-state index contributed by atoms with van der Waals surface area (Å²) >= 11 is 4.45. The number of fused-ring (bicyclic) bond motifs is 2. The van der Waals surface area contributed by atoms with Gasteiger partial charge in [-0.2, -0.15) is 5.26 Å². The number of nitrogens with zero attached hydrogens (tertiary/aromatic N) is 2. The van der Waals surface area contributed by atoms with E-state index in [4.69, 9.17) is 5.26 Å². The third-order valence-corrected chi connectivity index (χ3v) is 4.86. The van der Waals surface area contributed by atoms with E-state index < -0.39 is 11.6 Å². The fourth-order valence-corrected chi connectivity index (χ4v) is 3.44. The lowest BCUT2D eigenvalue weighted by Gasteiger charge is -2.20. The maximum absolute atomic E-state index is 13.0. The Labute approximate surface area is 155 Å². The van der Waals surface area contributed by atoms with Gasteiger partial charge in [-0.15, -0.1) is 0 Å². The molecule has 2 aromatic carbocycles. The first-order valence-electron chi connectivity index (χ1n) is 7.01. The molecule has 0 heterocycles. The second-order valence-electron chi connectivity index (χ2n) is 5.04. The number of amidine groups is 1. The number of aliphatic imine (C=N–C) groups is 1. The number of halogens is 1. The monoisotopic (exact) mass is 415 g/mol. The molecule has 1 aliphatic carbocycles. The van der Waals surface area contributed by atoms with Gasteiger partial charge in [0.15, 0.2) is 22.9 Å². The van der Waals surface area contributed by atoms with Crippen LogP contribution in [0.15, 0.2) is 39.8 Å². The van der Waals surface area contributed by atoms with E-state index in [1.54, 1.807) is 36.7 Å². The number of hydrogen-bond donors (Lipinski definition) is 2. The van der Waals surface area contributed by atoms with Crippen LogP contribution in [0.4, 0.5) is 5.69 Å². The molecule has 0 saturated heterocycles. The summed E-state index contributed by atoms with van der Waals surface area (Å²) < 4.78 is 0.343. The van der Waals surface area contributed by atoms with Crippen LogP contribution in [-0.4, -0.2) is 28.1 Å². The molecule has 0 radical (unpaired) electrons. The van der Waals surface area contributed by atoms with E-state index in [-0.39, 0.29) is 38.9 Å². The second kappa shape index (κ2) is 6.70. The summed E-state index contributed by atoms with van der Waals surface area (Å²) in [4.78, 5) is 30.0. The minimum Gasteiger partial charge on any atom is -0.507 e. The first kappa shape index (κ1) is 17.2. The van der Waals surface area contributed by atoms with Crippen LogP contribution < -0.4 is 5.32 Å². The van der Waals surface area contributed by atoms with Crippen LogP contribution in [0.25, 0.3) is 0 Å². The van der Waals surface area contributed by atoms with E-state index in [0.29, 0.717) is 4.47 Å². The Bertz CT molecular complexity index is 995. The fraction of sp³-hybridized carbons (Fsp3) is 0.0588. The van der Waals surface area contributed by atoms with E-state index in [9.17, 15) is 14.7 Å². The van der Waals surface area contributed by atoms with Crippen molar-refractivity contribution in [2.45, 2.75) is 0 Å². The van der Waals surface area contributed by atoms with Crippen molar-refractivity contribution < 1.29 is 14.7 Å². The molecule has 0 bridgehead atoms. The summed E-state index contributed by atoms with van der Waals surface area (Å²) in [6.45, 7) is 0. The molecule has 25 heavy (non-hydrogen) atoms. The molecule has 0 spiro atoms. The minimum absolute atomic E-state index is 0.0156. The molecule has 0 amide bonds. The molecule has 0 fully saturated rings. The maximum Gasteiger partial charge on any atom is 0.198 e. The van der Waals surface area contributed by atoms with E-state index in [2.05, 4.69) is 26.2 Å². The predicted molar refractivity (Wildman–Crippen MR) is 98.5 cm³/mol. The second-order valence-corrected chi connectivity index (χ2v) is 6.69. The summed E-state index contributed by atoms with van der Waals surface area (Å²) in [5.74, 6) is -1.14. The Morgan fingerprint density at radius 1 is 1.24 bits per heavy atom. The molecule has 3 rings (SSSR count). The number of aromatic hydroxyl groups is 1. The molecular weight excluding hydrogens is 406 g/mol. The smallest absolute Gasteiger partial charge is 0.198 e. The molecule has 2 N–H and O–H groups in total. The van der Waals surface area contributed by atoms with E-state index in [1.807, 2.05) is 0 Å². The number of benzene rings is 2. The van der Waals surface area contributed by atoms with Gasteiger partial charge in [-0.3, -0.25) is 14.9 Å². The van der Waals surface area contributed by atoms with Gasteiger partial charge in [0.25, 0.3) is 0 Å². The Morgan fingerprint density at radius 2 is 1.84 bits per heavy atom. The molecule has 2 aromatic rings. The van der Waals surface area contributed by atoms with E-state index in [1.165, 1.54) is 17.8 Å². The van der Waals surface area contributed by atoms with Gasteiger partial charge >= 0.3 is 0 Å². The molecule has 0 atom stereocenters. The van der Waals surface area contributed by atoms with Gasteiger partial charge in [-0.05, 0) is 28.3 Å². The van der Waals surface area contributed by atoms with Crippen LogP contribution in [0.3, 0.4) is 0 Å². The number of phenolic OH excluding ortho intramolecular Hbond substituents is 1. The molecule has 1 aliphatic rings. The standard InChI is InChI=1S/C17H10BrN3O3S/c1-25-17(20-7-19)21-14-10(18)6-11(22)12-13(14)16(24)9-5-3-2-4-8(9)15(12)23/h2-6,22H,1H3,(H,20,21). The lowest BCUT2D eigenvalue weighted by molar-refractivity contribution is 0.0977. The van der Waals surface area contributed by atoms with Crippen molar-refractivity contribution in [2.24, 2.45) is 4.99 Å². The highest BCUT2D eigenvalue weighted by atomic mass is 79.9. The van der Waals surface area contributed by atoms with Gasteiger partial charge in [-0.25, -0.2) is 4.99 Å².